The van der Waals surface area contributed by atoms with Crippen LogP contribution < -0.4 is 21.3 Å². The zero-order chi connectivity index (χ0) is 38.3. The van der Waals surface area contributed by atoms with Gasteiger partial charge in [0, 0.05) is 46.2 Å². The van der Waals surface area contributed by atoms with Crippen LogP contribution in [0, 0.1) is 20.8 Å². The molecule has 1 saturated heterocycles. The third kappa shape index (κ3) is 6.89. The fourth-order valence-corrected chi connectivity index (χ4v) is 8.16. The van der Waals surface area contributed by atoms with E-state index in [2.05, 4.69) is 45.3 Å². The summed E-state index contributed by atoms with van der Waals surface area (Å²) >= 11 is 7.84. The molecule has 4 aromatic rings. The normalized spacial score (nSPS) is 17.6. The molecule has 54 heavy (non-hydrogen) atoms. The van der Waals surface area contributed by atoms with Gasteiger partial charge < -0.3 is 16.0 Å². The lowest BCUT2D eigenvalue weighted by Crippen LogP contribution is -2.54. The molecule has 278 valence electrons. The summed E-state index contributed by atoms with van der Waals surface area (Å²) in [5.41, 5.74) is 4.15. The van der Waals surface area contributed by atoms with Crippen molar-refractivity contribution in [2.75, 3.05) is 25.0 Å². The molecule has 0 radical (unpaired) electrons. The second-order valence-corrected chi connectivity index (χ2v) is 14.8. The van der Waals surface area contributed by atoms with E-state index in [-0.39, 0.29) is 61.0 Å². The molecule has 7 rings (SSSR count). The number of rotatable bonds is 11. The molecule has 5 heterocycles. The molecule has 3 aliphatic heterocycles. The molecule has 1 unspecified atom stereocenters. The van der Waals surface area contributed by atoms with Gasteiger partial charge in [-0.2, -0.15) is 0 Å². The second kappa shape index (κ2) is 14.9. The van der Waals surface area contributed by atoms with E-state index in [0.717, 1.165) is 37.2 Å². The number of aliphatic imine (C=N–C) groups is 1. The van der Waals surface area contributed by atoms with Gasteiger partial charge in [-0.15, -0.1) is 21.5 Å². The van der Waals surface area contributed by atoms with Crippen molar-refractivity contribution in [2.24, 2.45) is 4.99 Å². The summed E-state index contributed by atoms with van der Waals surface area (Å²) in [4.78, 5) is 83.5. The van der Waals surface area contributed by atoms with Crippen molar-refractivity contribution in [1.82, 2.24) is 35.6 Å². The fraction of sp³-hybridized carbons (Fsp3) is 0.324. The summed E-state index contributed by atoms with van der Waals surface area (Å²) < 4.78 is 1.99. The second-order valence-electron chi connectivity index (χ2n) is 13.2. The minimum absolute atomic E-state index is 0.0134. The number of aryl methyl sites for hydroxylation is 2. The Morgan fingerprint density at radius 1 is 0.944 bits per heavy atom. The van der Waals surface area contributed by atoms with Crippen LogP contribution in [0.2, 0.25) is 5.02 Å². The topological polar surface area (TPSA) is 197 Å². The van der Waals surface area contributed by atoms with Crippen LogP contribution in [0.25, 0.3) is 5.00 Å². The van der Waals surface area contributed by atoms with Crippen molar-refractivity contribution in [3.8, 4) is 5.00 Å². The van der Waals surface area contributed by atoms with Gasteiger partial charge in [-0.3, -0.25) is 48.5 Å². The number of nitrogens with one attached hydrogen (secondary N) is 4. The van der Waals surface area contributed by atoms with Crippen molar-refractivity contribution in [2.45, 2.75) is 58.5 Å². The number of hydrogen-bond donors (Lipinski definition) is 4. The molecular formula is C37H36ClN9O6S. The highest BCUT2D eigenvalue weighted by molar-refractivity contribution is 7.15. The molecule has 2 aromatic carbocycles. The molecule has 1 fully saturated rings. The number of fused-ring (bicyclic) bond motifs is 4. The van der Waals surface area contributed by atoms with Crippen molar-refractivity contribution in [1.29, 1.82) is 0 Å². The Labute approximate surface area is 318 Å². The summed E-state index contributed by atoms with van der Waals surface area (Å²) in [7, 11) is 0. The summed E-state index contributed by atoms with van der Waals surface area (Å²) in [5.74, 6) is -1.79. The zero-order valence-corrected chi connectivity index (χ0v) is 31.2. The monoisotopic (exact) mass is 769 g/mol. The lowest BCUT2D eigenvalue weighted by molar-refractivity contribution is -0.136. The molecule has 6 amide bonds. The molecule has 0 saturated carbocycles. The van der Waals surface area contributed by atoms with Crippen molar-refractivity contribution >= 4 is 69.8 Å². The Hall–Kier alpha value is -5.74. The van der Waals surface area contributed by atoms with Gasteiger partial charge in [0.2, 0.25) is 23.6 Å². The first-order chi connectivity index (χ1) is 25.9. The number of piperidine rings is 1. The lowest BCUT2D eigenvalue weighted by Gasteiger charge is -2.27. The van der Waals surface area contributed by atoms with Gasteiger partial charge in [-0.25, -0.2) is 0 Å². The van der Waals surface area contributed by atoms with Crippen LogP contribution in [0.15, 0.2) is 47.5 Å². The van der Waals surface area contributed by atoms with Crippen LogP contribution in [-0.4, -0.2) is 86.5 Å². The number of carbonyl (C=O) groups excluding carboxylic acids is 6. The van der Waals surface area contributed by atoms with E-state index in [0.29, 0.717) is 29.6 Å². The van der Waals surface area contributed by atoms with Gasteiger partial charge in [-0.05, 0) is 63.4 Å². The van der Waals surface area contributed by atoms with E-state index < -0.39 is 35.7 Å². The average Bonchev–Trinajstić information content (AvgIpc) is 3.72. The van der Waals surface area contributed by atoms with Crippen LogP contribution in [0.3, 0.4) is 0 Å². The van der Waals surface area contributed by atoms with Crippen LogP contribution in [-0.2, 0) is 19.2 Å². The first-order valence-electron chi connectivity index (χ1n) is 17.4. The Morgan fingerprint density at radius 3 is 2.43 bits per heavy atom. The third-order valence-electron chi connectivity index (χ3n) is 9.64. The number of hydrogen-bond acceptors (Lipinski definition) is 11. The number of amides is 6. The molecule has 0 spiro atoms. The predicted molar refractivity (Wildman–Crippen MR) is 200 cm³/mol. The maximum atomic E-state index is 13.3. The van der Waals surface area contributed by atoms with E-state index in [4.69, 9.17) is 16.6 Å². The van der Waals surface area contributed by atoms with E-state index in [9.17, 15) is 28.8 Å². The van der Waals surface area contributed by atoms with Gasteiger partial charge in [0.05, 0.1) is 29.8 Å². The average molecular weight is 770 g/mol. The molecule has 2 aromatic heterocycles. The third-order valence-corrected chi connectivity index (χ3v) is 11.1. The first-order valence-corrected chi connectivity index (χ1v) is 18.6. The molecule has 4 N–H and O–H groups in total. The van der Waals surface area contributed by atoms with Gasteiger partial charge in [0.15, 0.2) is 5.82 Å². The fourth-order valence-electron chi connectivity index (χ4n) is 6.82. The number of carbonyl (C=O) groups is 6. The van der Waals surface area contributed by atoms with E-state index in [1.807, 2.05) is 35.8 Å². The van der Waals surface area contributed by atoms with Gasteiger partial charge in [0.1, 0.15) is 22.9 Å². The van der Waals surface area contributed by atoms with Crippen LogP contribution in [0.5, 0.6) is 0 Å². The van der Waals surface area contributed by atoms with Gasteiger partial charge in [0.25, 0.3) is 11.8 Å². The van der Waals surface area contributed by atoms with Gasteiger partial charge >= 0.3 is 0 Å². The first kappa shape index (κ1) is 36.6. The largest absolute Gasteiger partial charge is 0.375 e. The molecule has 15 nitrogen and oxygen atoms in total. The summed E-state index contributed by atoms with van der Waals surface area (Å²) in [6, 6.07) is 10.4. The van der Waals surface area contributed by atoms with Crippen LogP contribution in [0.1, 0.15) is 85.7 Å². The maximum absolute atomic E-state index is 13.3. The standard InChI is InChI=1S/C37H36ClN9O6S/c1-18-19(2)54-37-30(18)32(21-8-10-22(38)11-9-21)42-25(33-45-44-20(3)46(33)37)16-28(49)39-14-5-15-40-29(50)17-41-24-7-4-6-23-31(24)36(53)47(35(23)52)26-12-13-27(48)43-34(26)51/h4,6-11,25-26,41H,5,12-17H2,1-3H3,(H,39,49)(H,40,50)(H,43,48,51)/t25-,26?/m0/s1. The van der Waals surface area contributed by atoms with E-state index >= 15 is 0 Å². The predicted octanol–water partition coefficient (Wildman–Crippen LogP) is 3.33. The van der Waals surface area contributed by atoms with Crippen LogP contribution in [0.4, 0.5) is 5.69 Å². The van der Waals surface area contributed by atoms with E-state index in [1.54, 1.807) is 23.5 Å². The number of imide groups is 2. The number of nitrogens with zero attached hydrogens (tertiary/aromatic N) is 5. The van der Waals surface area contributed by atoms with Crippen molar-refractivity contribution < 1.29 is 28.8 Å². The number of benzene rings is 2. The Morgan fingerprint density at radius 2 is 1.69 bits per heavy atom. The number of aromatic nitrogens is 3. The number of halogens is 1. The minimum atomic E-state index is -1.09. The Bertz CT molecular complexity index is 2260. The zero-order valence-electron chi connectivity index (χ0n) is 29.6. The molecule has 2 atom stereocenters. The highest BCUT2D eigenvalue weighted by Gasteiger charge is 2.45. The Balaban J connectivity index is 0.936. The lowest BCUT2D eigenvalue weighted by atomic mass is 9.99. The minimum Gasteiger partial charge on any atom is -0.375 e. The maximum Gasteiger partial charge on any atom is 0.264 e. The van der Waals surface area contributed by atoms with Gasteiger partial charge in [-0.1, -0.05) is 29.8 Å². The summed E-state index contributed by atoms with van der Waals surface area (Å²) in [6.45, 7) is 6.38. The number of anilines is 1. The molecule has 0 bridgehead atoms. The SMILES string of the molecule is Cc1sc2c(c1C)C(c1ccc(Cl)cc1)=N[C@@H](CC(=O)NCCCNC(=O)CNc1cccc3c1C(=O)N(C1CCC(=O)NC1=O)C3=O)c1nnc(C)n1-2. The molecular weight excluding hydrogens is 734 g/mol. The molecule has 0 aliphatic carbocycles. The van der Waals surface area contributed by atoms with Crippen LogP contribution >= 0.6 is 22.9 Å². The number of thiophene rings is 1. The van der Waals surface area contributed by atoms with E-state index in [1.165, 1.54) is 6.07 Å². The quantitative estimate of drug-likeness (QED) is 0.131. The highest BCUT2D eigenvalue weighted by Crippen LogP contribution is 2.39. The molecule has 17 heteroatoms. The van der Waals surface area contributed by atoms with Crippen molar-refractivity contribution in [3.05, 3.63) is 91.8 Å². The Kier molecular flexibility index (Phi) is 10.1. The summed E-state index contributed by atoms with van der Waals surface area (Å²) in [6.07, 6.45) is 0.530. The van der Waals surface area contributed by atoms with Crippen molar-refractivity contribution in [3.63, 3.8) is 0 Å². The highest BCUT2D eigenvalue weighted by atomic mass is 35.5. The summed E-state index contributed by atoms with van der Waals surface area (Å²) in [5, 5.41) is 21.1. The molecule has 3 aliphatic rings. The smallest absolute Gasteiger partial charge is 0.264 e.